The zero-order valence-electron chi connectivity index (χ0n) is 13.9. The summed E-state index contributed by atoms with van der Waals surface area (Å²) in [7, 11) is 1.44. The lowest BCUT2D eigenvalue weighted by Gasteiger charge is -2.24. The van der Waals surface area contributed by atoms with Crippen molar-refractivity contribution in [1.82, 2.24) is 9.91 Å². The predicted molar refractivity (Wildman–Crippen MR) is 86.7 cm³/mol. The third kappa shape index (κ3) is 4.37. The van der Waals surface area contributed by atoms with Gasteiger partial charge in [0.25, 0.3) is 5.91 Å². The third-order valence-corrected chi connectivity index (χ3v) is 3.68. The number of amides is 3. The van der Waals surface area contributed by atoms with E-state index in [9.17, 15) is 23.2 Å². The first-order chi connectivity index (χ1) is 11.8. The molecule has 1 aromatic carbocycles. The molecule has 9 heteroatoms. The maximum absolute atomic E-state index is 13.6. The fourth-order valence-corrected chi connectivity index (χ4v) is 2.30. The summed E-state index contributed by atoms with van der Waals surface area (Å²) in [4.78, 5) is 37.1. The Kier molecular flexibility index (Phi) is 5.79. The van der Waals surface area contributed by atoms with E-state index in [1.165, 1.54) is 18.0 Å². The quantitative estimate of drug-likeness (QED) is 0.869. The Morgan fingerprint density at radius 2 is 1.92 bits per heavy atom. The van der Waals surface area contributed by atoms with Gasteiger partial charge in [-0.1, -0.05) is 6.07 Å². The molecule has 2 rings (SSSR count). The molecule has 134 valence electrons. The van der Waals surface area contributed by atoms with Gasteiger partial charge in [0.15, 0.2) is 0 Å². The molecule has 0 radical (unpaired) electrons. The minimum Gasteiger partial charge on any atom is -0.329 e. The molecule has 25 heavy (non-hydrogen) atoms. The molecule has 0 spiro atoms. The van der Waals surface area contributed by atoms with Gasteiger partial charge < -0.3 is 10.2 Å². The van der Waals surface area contributed by atoms with E-state index in [0.717, 1.165) is 17.1 Å². The lowest BCUT2D eigenvalue weighted by atomic mass is 10.1. The number of para-hydroxylation sites is 1. The number of carbonyl (C=O) groups excluding carboxylic acids is 3. The van der Waals surface area contributed by atoms with Crippen LogP contribution >= 0.6 is 0 Å². The van der Waals surface area contributed by atoms with Gasteiger partial charge in [0.05, 0.1) is 0 Å². The van der Waals surface area contributed by atoms with Gasteiger partial charge in [0.2, 0.25) is 11.8 Å². The van der Waals surface area contributed by atoms with Crippen molar-refractivity contribution in [2.24, 2.45) is 5.10 Å². The highest BCUT2D eigenvalue weighted by atomic mass is 19.1. The first-order valence-electron chi connectivity index (χ1n) is 7.70. The van der Waals surface area contributed by atoms with Crippen molar-refractivity contribution >= 4 is 29.1 Å². The standard InChI is InChI=1S/C16H18F2N4O3/c1-3-22(16(25)12-7-8-14(24)21(2)20-12)9-13(23)19-15-10(17)5-4-6-11(15)18/h4-6H,3,7-9H2,1-2H3,(H,19,23). The summed E-state index contributed by atoms with van der Waals surface area (Å²) >= 11 is 0. The molecule has 1 aliphatic rings. The maximum atomic E-state index is 13.6. The van der Waals surface area contributed by atoms with Crippen molar-refractivity contribution in [2.75, 3.05) is 25.5 Å². The average Bonchev–Trinajstić information content (AvgIpc) is 2.58. The van der Waals surface area contributed by atoms with Crippen LogP contribution in [-0.4, -0.2) is 53.5 Å². The smallest absolute Gasteiger partial charge is 0.270 e. The highest BCUT2D eigenvalue weighted by Gasteiger charge is 2.26. The summed E-state index contributed by atoms with van der Waals surface area (Å²) in [5.41, 5.74) is -0.398. The number of halogens is 2. The molecule has 7 nitrogen and oxygen atoms in total. The van der Waals surface area contributed by atoms with E-state index in [1.54, 1.807) is 6.92 Å². The van der Waals surface area contributed by atoms with Crippen LogP contribution in [0.4, 0.5) is 14.5 Å². The van der Waals surface area contributed by atoms with Crippen molar-refractivity contribution < 1.29 is 23.2 Å². The third-order valence-electron chi connectivity index (χ3n) is 3.68. The van der Waals surface area contributed by atoms with Gasteiger partial charge in [0, 0.05) is 26.4 Å². The molecule has 1 aromatic rings. The Morgan fingerprint density at radius 3 is 2.48 bits per heavy atom. The summed E-state index contributed by atoms with van der Waals surface area (Å²) in [5, 5.41) is 7.12. The largest absolute Gasteiger partial charge is 0.329 e. The first kappa shape index (κ1) is 18.5. The molecule has 1 aliphatic heterocycles. The van der Waals surface area contributed by atoms with Crippen molar-refractivity contribution in [3.8, 4) is 0 Å². The fourth-order valence-electron chi connectivity index (χ4n) is 2.30. The van der Waals surface area contributed by atoms with Gasteiger partial charge in [-0.3, -0.25) is 14.4 Å². The molecule has 3 amide bonds. The van der Waals surface area contributed by atoms with Crippen LogP contribution < -0.4 is 5.32 Å². The SMILES string of the molecule is CCN(CC(=O)Nc1c(F)cccc1F)C(=O)C1=NN(C)C(=O)CC1. The topological polar surface area (TPSA) is 82.1 Å². The van der Waals surface area contributed by atoms with E-state index in [1.807, 2.05) is 0 Å². The molecule has 0 saturated carbocycles. The Morgan fingerprint density at radius 1 is 1.28 bits per heavy atom. The summed E-state index contributed by atoms with van der Waals surface area (Å²) < 4.78 is 27.1. The van der Waals surface area contributed by atoms with Crippen LogP contribution in [0.1, 0.15) is 19.8 Å². The molecule has 0 aromatic heterocycles. The molecular weight excluding hydrogens is 334 g/mol. The van der Waals surface area contributed by atoms with Crippen LogP contribution in [0.2, 0.25) is 0 Å². The second kappa shape index (κ2) is 7.82. The molecule has 0 atom stereocenters. The first-order valence-corrected chi connectivity index (χ1v) is 7.70. The van der Waals surface area contributed by atoms with E-state index in [-0.39, 0.29) is 37.6 Å². The highest BCUT2D eigenvalue weighted by molar-refractivity contribution is 6.39. The minimum atomic E-state index is -0.903. The van der Waals surface area contributed by atoms with E-state index >= 15 is 0 Å². The molecule has 1 N–H and O–H groups in total. The van der Waals surface area contributed by atoms with E-state index in [4.69, 9.17) is 0 Å². The van der Waals surface area contributed by atoms with E-state index in [2.05, 4.69) is 10.4 Å². The summed E-state index contributed by atoms with van der Waals surface area (Å²) in [6.07, 6.45) is 0.341. The minimum absolute atomic E-state index is 0.158. The van der Waals surface area contributed by atoms with Gasteiger partial charge in [-0.15, -0.1) is 0 Å². The van der Waals surface area contributed by atoms with Gasteiger partial charge in [0.1, 0.15) is 29.6 Å². The molecule has 0 bridgehead atoms. The lowest BCUT2D eigenvalue weighted by Crippen LogP contribution is -2.44. The summed E-state index contributed by atoms with van der Waals surface area (Å²) in [6.45, 7) is 1.47. The second-order valence-corrected chi connectivity index (χ2v) is 5.43. The number of likely N-dealkylation sites (N-methyl/N-ethyl adjacent to an activating group) is 1. The Hall–Kier alpha value is -2.84. The summed E-state index contributed by atoms with van der Waals surface area (Å²) in [6, 6.07) is 3.22. The molecule has 0 saturated heterocycles. The average molecular weight is 352 g/mol. The van der Waals surface area contributed by atoms with Crippen molar-refractivity contribution in [1.29, 1.82) is 0 Å². The normalized spacial score (nSPS) is 14.2. The summed E-state index contributed by atoms with van der Waals surface area (Å²) in [5.74, 6) is -3.24. The van der Waals surface area contributed by atoms with Crippen LogP contribution in [0.15, 0.2) is 23.3 Å². The van der Waals surface area contributed by atoms with E-state index < -0.39 is 29.1 Å². The molecule has 1 heterocycles. The van der Waals surface area contributed by atoms with Crippen LogP contribution in [0, 0.1) is 11.6 Å². The zero-order chi connectivity index (χ0) is 18.6. The number of hydrogen-bond acceptors (Lipinski definition) is 4. The number of carbonyl (C=O) groups is 3. The van der Waals surface area contributed by atoms with Crippen molar-refractivity contribution in [3.63, 3.8) is 0 Å². The monoisotopic (exact) mass is 352 g/mol. The van der Waals surface area contributed by atoms with Gasteiger partial charge in [-0.2, -0.15) is 5.10 Å². The van der Waals surface area contributed by atoms with Gasteiger partial charge >= 0.3 is 0 Å². The highest BCUT2D eigenvalue weighted by Crippen LogP contribution is 2.18. The molecule has 0 fully saturated rings. The zero-order valence-corrected chi connectivity index (χ0v) is 13.9. The van der Waals surface area contributed by atoms with Crippen LogP contribution in [0.5, 0.6) is 0 Å². The van der Waals surface area contributed by atoms with E-state index in [0.29, 0.717) is 0 Å². The Balaban J connectivity index is 2.06. The Labute approximate surface area is 143 Å². The van der Waals surface area contributed by atoms with Gasteiger partial charge in [-0.25, -0.2) is 13.8 Å². The fraction of sp³-hybridized carbons (Fsp3) is 0.375. The van der Waals surface area contributed by atoms with Crippen LogP contribution in [0.25, 0.3) is 0 Å². The number of nitrogens with zero attached hydrogens (tertiary/aromatic N) is 3. The molecule has 0 aliphatic carbocycles. The van der Waals surface area contributed by atoms with Crippen molar-refractivity contribution in [2.45, 2.75) is 19.8 Å². The van der Waals surface area contributed by atoms with Crippen LogP contribution in [0.3, 0.4) is 0 Å². The number of hydrazone groups is 1. The molecule has 0 unspecified atom stereocenters. The van der Waals surface area contributed by atoms with Crippen molar-refractivity contribution in [3.05, 3.63) is 29.8 Å². The number of nitrogens with one attached hydrogen (secondary N) is 1. The van der Waals surface area contributed by atoms with Gasteiger partial charge in [-0.05, 0) is 19.1 Å². The Bertz CT molecular complexity index is 716. The predicted octanol–water partition coefficient (Wildman–Crippen LogP) is 1.36. The lowest BCUT2D eigenvalue weighted by molar-refractivity contribution is -0.131. The maximum Gasteiger partial charge on any atom is 0.270 e. The number of benzene rings is 1. The second-order valence-electron chi connectivity index (χ2n) is 5.43. The number of anilines is 1. The van der Waals surface area contributed by atoms with Crippen LogP contribution in [-0.2, 0) is 14.4 Å². The molecular formula is C16H18F2N4O3. The number of hydrogen-bond donors (Lipinski definition) is 1. The number of rotatable bonds is 5.